The second kappa shape index (κ2) is 7.68. The molecule has 0 saturated carbocycles. The van der Waals surface area contributed by atoms with Crippen LogP contribution < -0.4 is 0 Å². The quantitative estimate of drug-likeness (QED) is 0.625. The lowest BCUT2D eigenvalue weighted by Crippen LogP contribution is -2.18. The molecule has 0 atom stereocenters. The van der Waals surface area contributed by atoms with Gasteiger partial charge in [-0.3, -0.25) is 0 Å². The van der Waals surface area contributed by atoms with E-state index < -0.39 is 18.5 Å². The van der Waals surface area contributed by atoms with E-state index in [1.807, 2.05) is 42.5 Å². The Kier molecular flexibility index (Phi) is 4.93. The van der Waals surface area contributed by atoms with Gasteiger partial charge >= 0.3 is 11.9 Å². The number of pyridine rings is 1. The first-order valence-electron chi connectivity index (χ1n) is 9.16. The fraction of sp³-hybridized carbons (Fsp3) is 0.227. The van der Waals surface area contributed by atoms with Crippen molar-refractivity contribution in [1.82, 2.24) is 4.98 Å². The highest BCUT2D eigenvalue weighted by atomic mass is 16.6. The molecule has 4 rings (SSSR count). The maximum atomic E-state index is 12.9. The van der Waals surface area contributed by atoms with Crippen molar-refractivity contribution in [3.63, 3.8) is 0 Å². The third kappa shape index (κ3) is 3.41. The first-order chi connectivity index (χ1) is 13.7. The third-order valence-corrected chi connectivity index (χ3v) is 4.63. The summed E-state index contributed by atoms with van der Waals surface area (Å²) >= 11 is 0. The number of furan rings is 1. The van der Waals surface area contributed by atoms with Crippen molar-refractivity contribution >= 4 is 34.5 Å². The van der Waals surface area contributed by atoms with Crippen LogP contribution in [0.15, 0.2) is 47.1 Å². The predicted octanol–water partition coefficient (Wildman–Crippen LogP) is 4.03. The van der Waals surface area contributed by atoms with Gasteiger partial charge in [-0.25, -0.2) is 14.6 Å². The Morgan fingerprint density at radius 1 is 1.14 bits per heavy atom. The molecule has 0 aliphatic heterocycles. The number of esters is 2. The van der Waals surface area contributed by atoms with E-state index in [0.717, 1.165) is 29.0 Å². The minimum Gasteiger partial charge on any atom is -0.465 e. The van der Waals surface area contributed by atoms with Gasteiger partial charge in [0.05, 0.1) is 29.6 Å². The van der Waals surface area contributed by atoms with E-state index in [0.29, 0.717) is 22.9 Å². The standard InChI is InChI=1S/C22H19NO5/c1-2-26-19(24)13-28-22(25)20-16-7-3-4-8-18(16)23-21-14(9-10-17(20)21)12-15-6-5-11-27-15/h3-8,11-12H,2,9-10,13H2,1H3/b14-12-. The van der Waals surface area contributed by atoms with Gasteiger partial charge < -0.3 is 13.9 Å². The second-order valence-corrected chi connectivity index (χ2v) is 6.40. The van der Waals surface area contributed by atoms with Crippen LogP contribution in [0.5, 0.6) is 0 Å². The largest absolute Gasteiger partial charge is 0.465 e. The molecule has 1 aliphatic rings. The van der Waals surface area contributed by atoms with Gasteiger partial charge in [-0.05, 0) is 55.2 Å². The van der Waals surface area contributed by atoms with E-state index in [-0.39, 0.29) is 6.61 Å². The molecule has 2 heterocycles. The molecule has 0 N–H and O–H groups in total. The number of benzene rings is 1. The number of carbonyl (C=O) groups excluding carboxylic acids is 2. The summed E-state index contributed by atoms with van der Waals surface area (Å²) in [6, 6.07) is 11.1. The SMILES string of the molecule is CCOC(=O)COC(=O)c1c2c(nc3ccccc13)/C(=C\c1ccco1)CC2. The van der Waals surface area contributed by atoms with Gasteiger partial charge in [-0.1, -0.05) is 18.2 Å². The van der Waals surface area contributed by atoms with E-state index in [1.54, 1.807) is 13.2 Å². The fourth-order valence-electron chi connectivity index (χ4n) is 3.46. The van der Waals surface area contributed by atoms with Crippen LogP contribution in [-0.2, 0) is 20.7 Å². The summed E-state index contributed by atoms with van der Waals surface area (Å²) in [6.07, 6.45) is 4.98. The van der Waals surface area contributed by atoms with E-state index in [4.69, 9.17) is 18.9 Å². The molecule has 6 heteroatoms. The maximum absolute atomic E-state index is 12.9. The highest BCUT2D eigenvalue weighted by Gasteiger charge is 2.28. The van der Waals surface area contributed by atoms with Crippen LogP contribution in [0.3, 0.4) is 0 Å². The van der Waals surface area contributed by atoms with Crippen molar-refractivity contribution in [2.75, 3.05) is 13.2 Å². The number of rotatable bonds is 5. The average molecular weight is 377 g/mol. The molecule has 0 saturated heterocycles. The highest BCUT2D eigenvalue weighted by Crippen LogP contribution is 2.37. The number of hydrogen-bond acceptors (Lipinski definition) is 6. The molecule has 0 unspecified atom stereocenters. The molecular weight excluding hydrogens is 358 g/mol. The Balaban J connectivity index is 1.76. The topological polar surface area (TPSA) is 78.6 Å². The van der Waals surface area contributed by atoms with E-state index in [2.05, 4.69) is 0 Å². The van der Waals surface area contributed by atoms with Crippen molar-refractivity contribution in [2.45, 2.75) is 19.8 Å². The summed E-state index contributed by atoms with van der Waals surface area (Å²) in [5.74, 6) is -0.365. The zero-order valence-corrected chi connectivity index (χ0v) is 15.4. The molecule has 28 heavy (non-hydrogen) atoms. The molecule has 0 amide bonds. The molecule has 6 nitrogen and oxygen atoms in total. The number of hydrogen-bond donors (Lipinski definition) is 0. The molecule has 0 radical (unpaired) electrons. The van der Waals surface area contributed by atoms with Gasteiger partial charge in [0.25, 0.3) is 0 Å². The minimum absolute atomic E-state index is 0.241. The van der Waals surface area contributed by atoms with Gasteiger partial charge in [0, 0.05) is 5.39 Å². The summed E-state index contributed by atoms with van der Waals surface area (Å²) in [5.41, 5.74) is 3.79. The smallest absolute Gasteiger partial charge is 0.344 e. The molecule has 3 aromatic rings. The Morgan fingerprint density at radius 3 is 2.79 bits per heavy atom. The van der Waals surface area contributed by atoms with Crippen LogP contribution in [0.25, 0.3) is 22.6 Å². The summed E-state index contributed by atoms with van der Waals surface area (Å²) < 4.78 is 15.5. The second-order valence-electron chi connectivity index (χ2n) is 6.40. The lowest BCUT2D eigenvalue weighted by molar-refractivity contribution is -0.146. The van der Waals surface area contributed by atoms with Crippen LogP contribution in [0.1, 0.15) is 40.7 Å². The van der Waals surface area contributed by atoms with Crippen LogP contribution in [-0.4, -0.2) is 30.1 Å². The molecule has 1 aromatic carbocycles. The van der Waals surface area contributed by atoms with Crippen LogP contribution >= 0.6 is 0 Å². The van der Waals surface area contributed by atoms with Gasteiger partial charge in [-0.2, -0.15) is 0 Å². The van der Waals surface area contributed by atoms with E-state index >= 15 is 0 Å². The van der Waals surface area contributed by atoms with Crippen molar-refractivity contribution in [3.05, 3.63) is 65.2 Å². The van der Waals surface area contributed by atoms with E-state index in [9.17, 15) is 9.59 Å². The number of nitrogens with zero attached hydrogens (tertiary/aromatic N) is 1. The highest BCUT2D eigenvalue weighted by molar-refractivity contribution is 6.07. The van der Waals surface area contributed by atoms with Crippen LogP contribution in [0.4, 0.5) is 0 Å². The molecule has 0 spiro atoms. The first-order valence-corrected chi connectivity index (χ1v) is 9.16. The Morgan fingerprint density at radius 2 is 2.00 bits per heavy atom. The molecule has 0 fully saturated rings. The number of fused-ring (bicyclic) bond motifs is 2. The normalized spacial score (nSPS) is 14.2. The molecule has 2 aromatic heterocycles. The van der Waals surface area contributed by atoms with Gasteiger partial charge in [0.15, 0.2) is 6.61 Å². The summed E-state index contributed by atoms with van der Waals surface area (Å²) in [7, 11) is 0. The van der Waals surface area contributed by atoms with Gasteiger partial charge in [0.2, 0.25) is 0 Å². The Hall–Kier alpha value is -3.41. The fourth-order valence-corrected chi connectivity index (χ4v) is 3.46. The number of carbonyl (C=O) groups is 2. The number of ether oxygens (including phenoxy) is 2. The van der Waals surface area contributed by atoms with Gasteiger partial charge in [0.1, 0.15) is 5.76 Å². The maximum Gasteiger partial charge on any atom is 0.344 e. The summed E-state index contributed by atoms with van der Waals surface area (Å²) in [4.78, 5) is 29.2. The lowest BCUT2D eigenvalue weighted by atomic mass is 10.0. The summed E-state index contributed by atoms with van der Waals surface area (Å²) in [6.45, 7) is 1.54. The number of aromatic nitrogens is 1. The third-order valence-electron chi connectivity index (χ3n) is 4.63. The molecule has 0 bridgehead atoms. The average Bonchev–Trinajstić information content (AvgIpc) is 3.35. The number of allylic oxidation sites excluding steroid dienone is 1. The number of para-hydroxylation sites is 1. The van der Waals surface area contributed by atoms with E-state index in [1.165, 1.54) is 0 Å². The first kappa shape index (κ1) is 18.0. The lowest BCUT2D eigenvalue weighted by Gasteiger charge is -2.12. The minimum atomic E-state index is -0.565. The van der Waals surface area contributed by atoms with Crippen molar-refractivity contribution < 1.29 is 23.5 Å². The summed E-state index contributed by atoms with van der Waals surface area (Å²) in [5, 5.41) is 0.717. The zero-order chi connectivity index (χ0) is 19.5. The van der Waals surface area contributed by atoms with Gasteiger partial charge in [-0.15, -0.1) is 0 Å². The molecule has 142 valence electrons. The van der Waals surface area contributed by atoms with Crippen LogP contribution in [0.2, 0.25) is 0 Å². The molecular formula is C22H19NO5. The Bertz CT molecular complexity index is 1070. The Labute approximate surface area is 161 Å². The van der Waals surface area contributed by atoms with Crippen molar-refractivity contribution in [1.29, 1.82) is 0 Å². The van der Waals surface area contributed by atoms with Crippen LogP contribution in [0, 0.1) is 0 Å². The monoisotopic (exact) mass is 377 g/mol. The predicted molar refractivity (Wildman–Crippen MR) is 104 cm³/mol. The van der Waals surface area contributed by atoms with Crippen molar-refractivity contribution in [3.8, 4) is 0 Å². The van der Waals surface area contributed by atoms with Crippen molar-refractivity contribution in [2.24, 2.45) is 0 Å². The zero-order valence-electron chi connectivity index (χ0n) is 15.4. The molecule has 1 aliphatic carbocycles.